The number of benzene rings is 1. The molecule has 1 atom stereocenters. The van der Waals surface area contributed by atoms with Crippen LogP contribution in [0.2, 0.25) is 0 Å². The van der Waals surface area contributed by atoms with Crippen LogP contribution in [-0.2, 0) is 13.8 Å². The second-order valence-corrected chi connectivity index (χ2v) is 8.48. The Labute approximate surface area is 133 Å². The summed E-state index contributed by atoms with van der Waals surface area (Å²) < 4.78 is 23.2. The largest absolute Gasteiger partial charge is 0.305 e. The molecule has 1 aliphatic heterocycles. The number of amides is 1. The molecule has 0 aromatic heterocycles. The van der Waals surface area contributed by atoms with Crippen LogP contribution in [0.15, 0.2) is 16.6 Å². The molecule has 1 aromatic carbocycles. The van der Waals surface area contributed by atoms with Crippen LogP contribution in [0.1, 0.15) is 12.0 Å². The summed E-state index contributed by atoms with van der Waals surface area (Å²) in [7, 11) is 1.38. The molecule has 0 spiro atoms. The van der Waals surface area contributed by atoms with Crippen LogP contribution in [0.5, 0.6) is 0 Å². The molecule has 2 rings (SSSR count). The van der Waals surface area contributed by atoms with Crippen molar-refractivity contribution in [3.63, 3.8) is 0 Å². The highest BCUT2D eigenvalue weighted by atomic mass is 79.9. The number of hydrogen-bond donors (Lipinski definition) is 0. The van der Waals surface area contributed by atoms with Crippen molar-refractivity contribution in [2.45, 2.75) is 18.6 Å². The maximum Gasteiger partial charge on any atom is 0.294 e. The van der Waals surface area contributed by atoms with Gasteiger partial charge in [0.2, 0.25) is 15.0 Å². The standard InChI is InChI=1S/C11H10BrClN2O5S/c1-6-2-7(12)3-9(15(17)18)11(6)14-5-8(4-10(14)16)21(13,19)20/h2-3,8H,4-5H2,1H3. The lowest BCUT2D eigenvalue weighted by atomic mass is 10.1. The van der Waals surface area contributed by atoms with Crippen molar-refractivity contribution in [1.82, 2.24) is 0 Å². The number of nitrogens with zero attached hydrogens (tertiary/aromatic N) is 2. The molecule has 1 aliphatic rings. The molecule has 0 aliphatic carbocycles. The fourth-order valence-corrected chi connectivity index (χ4v) is 3.87. The minimum Gasteiger partial charge on any atom is -0.305 e. The van der Waals surface area contributed by atoms with E-state index in [0.29, 0.717) is 10.0 Å². The minimum atomic E-state index is -3.90. The molecule has 1 amide bonds. The summed E-state index contributed by atoms with van der Waals surface area (Å²) >= 11 is 3.16. The molecule has 0 saturated carbocycles. The summed E-state index contributed by atoms with van der Waals surface area (Å²) in [5.74, 6) is -0.502. The average Bonchev–Trinajstić information content (AvgIpc) is 2.70. The molecule has 21 heavy (non-hydrogen) atoms. The van der Waals surface area contributed by atoms with Gasteiger partial charge in [-0.3, -0.25) is 14.9 Å². The summed E-state index contributed by atoms with van der Waals surface area (Å²) in [6, 6.07) is 2.90. The maximum absolute atomic E-state index is 12.0. The highest BCUT2D eigenvalue weighted by Crippen LogP contribution is 2.38. The zero-order chi connectivity index (χ0) is 15.9. The Balaban J connectivity index is 2.53. The summed E-state index contributed by atoms with van der Waals surface area (Å²) in [5, 5.41) is 10.1. The Morgan fingerprint density at radius 3 is 2.57 bits per heavy atom. The third-order valence-corrected chi connectivity index (χ3v) is 5.53. The molecule has 7 nitrogen and oxygen atoms in total. The summed E-state index contributed by atoms with van der Waals surface area (Å²) in [6.07, 6.45) is -0.279. The van der Waals surface area contributed by atoms with E-state index in [1.807, 2.05) is 0 Å². The molecule has 1 saturated heterocycles. The number of nitro benzene ring substituents is 1. The number of hydrogen-bond acceptors (Lipinski definition) is 5. The third-order valence-electron chi connectivity index (χ3n) is 3.20. The lowest BCUT2D eigenvalue weighted by Gasteiger charge is -2.18. The minimum absolute atomic E-state index is 0.107. The topological polar surface area (TPSA) is 97.6 Å². The first-order chi connectivity index (χ1) is 9.61. The second-order valence-electron chi connectivity index (χ2n) is 4.65. The monoisotopic (exact) mass is 396 g/mol. The zero-order valence-electron chi connectivity index (χ0n) is 10.7. The van der Waals surface area contributed by atoms with Gasteiger partial charge in [0.05, 0.1) is 4.92 Å². The number of aryl methyl sites for hydroxylation is 1. The average molecular weight is 398 g/mol. The smallest absolute Gasteiger partial charge is 0.294 e. The molecule has 1 aromatic rings. The Hall–Kier alpha value is -1.19. The van der Waals surface area contributed by atoms with Crippen molar-refractivity contribution in [2.24, 2.45) is 0 Å². The molecule has 1 fully saturated rings. The molecule has 0 radical (unpaired) electrons. The molecular weight excluding hydrogens is 388 g/mol. The van der Waals surface area contributed by atoms with Crippen molar-refractivity contribution in [1.29, 1.82) is 0 Å². The zero-order valence-corrected chi connectivity index (χ0v) is 13.9. The number of carbonyl (C=O) groups excluding carboxylic acids is 1. The fourth-order valence-electron chi connectivity index (χ4n) is 2.29. The molecule has 114 valence electrons. The Morgan fingerprint density at radius 2 is 2.10 bits per heavy atom. The first kappa shape index (κ1) is 16.2. The van der Waals surface area contributed by atoms with E-state index in [2.05, 4.69) is 15.9 Å². The lowest BCUT2D eigenvalue weighted by Crippen LogP contribution is -2.28. The van der Waals surface area contributed by atoms with Crippen molar-refractivity contribution < 1.29 is 18.1 Å². The lowest BCUT2D eigenvalue weighted by molar-refractivity contribution is -0.384. The predicted molar refractivity (Wildman–Crippen MR) is 81.1 cm³/mol. The summed E-state index contributed by atoms with van der Waals surface area (Å²) in [4.78, 5) is 23.7. The Morgan fingerprint density at radius 1 is 1.48 bits per heavy atom. The van der Waals surface area contributed by atoms with E-state index in [1.165, 1.54) is 6.07 Å². The van der Waals surface area contributed by atoms with E-state index < -0.39 is 25.1 Å². The van der Waals surface area contributed by atoms with E-state index in [-0.39, 0.29) is 24.3 Å². The molecule has 0 bridgehead atoms. The normalized spacial score (nSPS) is 19.1. The van der Waals surface area contributed by atoms with Crippen LogP contribution in [0.25, 0.3) is 0 Å². The van der Waals surface area contributed by atoms with Crippen LogP contribution in [0.4, 0.5) is 11.4 Å². The van der Waals surface area contributed by atoms with Gasteiger partial charge in [-0.1, -0.05) is 15.9 Å². The molecular formula is C11H10BrClN2O5S. The fraction of sp³-hybridized carbons (Fsp3) is 0.364. The van der Waals surface area contributed by atoms with Gasteiger partial charge in [-0.2, -0.15) is 0 Å². The van der Waals surface area contributed by atoms with Crippen molar-refractivity contribution in [3.8, 4) is 0 Å². The molecule has 1 unspecified atom stereocenters. The number of halogens is 2. The Bertz CT molecular complexity index is 736. The van der Waals surface area contributed by atoms with Crippen molar-refractivity contribution >= 4 is 52.9 Å². The van der Waals surface area contributed by atoms with E-state index in [9.17, 15) is 23.3 Å². The molecule has 10 heteroatoms. The highest BCUT2D eigenvalue weighted by Gasteiger charge is 2.40. The predicted octanol–water partition coefficient (Wildman–Crippen LogP) is 2.34. The van der Waals surface area contributed by atoms with Gasteiger partial charge in [0.1, 0.15) is 10.9 Å². The van der Waals surface area contributed by atoms with Gasteiger partial charge >= 0.3 is 0 Å². The van der Waals surface area contributed by atoms with Gasteiger partial charge in [-0.25, -0.2) is 8.42 Å². The molecule has 0 N–H and O–H groups in total. The second kappa shape index (κ2) is 5.54. The SMILES string of the molecule is Cc1cc(Br)cc([N+](=O)[O-])c1N1CC(S(=O)(=O)Cl)CC1=O. The van der Waals surface area contributed by atoms with Crippen LogP contribution in [0.3, 0.4) is 0 Å². The van der Waals surface area contributed by atoms with E-state index in [4.69, 9.17) is 10.7 Å². The summed E-state index contributed by atoms with van der Waals surface area (Å²) in [6.45, 7) is 1.43. The van der Waals surface area contributed by atoms with Gasteiger partial charge < -0.3 is 4.90 Å². The number of anilines is 1. The van der Waals surface area contributed by atoms with Crippen LogP contribution in [0, 0.1) is 17.0 Å². The number of rotatable bonds is 3. The maximum atomic E-state index is 12.0. The summed E-state index contributed by atoms with van der Waals surface area (Å²) in [5.41, 5.74) is 0.343. The highest BCUT2D eigenvalue weighted by molar-refractivity contribution is 9.10. The van der Waals surface area contributed by atoms with E-state index in [1.54, 1.807) is 13.0 Å². The van der Waals surface area contributed by atoms with Crippen molar-refractivity contribution in [3.05, 3.63) is 32.3 Å². The number of carbonyl (C=O) groups is 1. The first-order valence-corrected chi connectivity index (χ1v) is 8.96. The van der Waals surface area contributed by atoms with Gasteiger partial charge in [-0.05, 0) is 18.6 Å². The van der Waals surface area contributed by atoms with Gasteiger partial charge in [0.15, 0.2) is 0 Å². The third kappa shape index (κ3) is 3.19. The van der Waals surface area contributed by atoms with Gasteiger partial charge in [-0.15, -0.1) is 0 Å². The van der Waals surface area contributed by atoms with Crippen molar-refractivity contribution in [2.75, 3.05) is 11.4 Å². The first-order valence-electron chi connectivity index (χ1n) is 5.79. The molecule has 1 heterocycles. The Kier molecular flexibility index (Phi) is 4.27. The van der Waals surface area contributed by atoms with E-state index in [0.717, 1.165) is 4.90 Å². The van der Waals surface area contributed by atoms with E-state index >= 15 is 0 Å². The van der Waals surface area contributed by atoms with Gasteiger partial charge in [0.25, 0.3) is 5.69 Å². The van der Waals surface area contributed by atoms with Crippen LogP contribution in [-0.4, -0.2) is 31.0 Å². The quantitative estimate of drug-likeness (QED) is 0.443. The van der Waals surface area contributed by atoms with Crippen LogP contribution < -0.4 is 4.90 Å². The number of nitro groups is 1. The van der Waals surface area contributed by atoms with Gasteiger partial charge in [0, 0.05) is 34.2 Å². The van der Waals surface area contributed by atoms with Crippen LogP contribution >= 0.6 is 26.6 Å².